The van der Waals surface area contributed by atoms with Crippen LogP contribution in [0.5, 0.6) is 0 Å². The predicted octanol–water partition coefficient (Wildman–Crippen LogP) is 6.09. The van der Waals surface area contributed by atoms with Gasteiger partial charge in [0.15, 0.2) is 5.60 Å². The second-order valence-electron chi connectivity index (χ2n) is 9.05. The van der Waals surface area contributed by atoms with Gasteiger partial charge in [0.2, 0.25) is 0 Å². The highest BCUT2D eigenvalue weighted by atomic mass is 79.9. The van der Waals surface area contributed by atoms with Gasteiger partial charge >= 0.3 is 12.1 Å². The van der Waals surface area contributed by atoms with Crippen molar-refractivity contribution >= 4 is 45.3 Å². The zero-order valence-electron chi connectivity index (χ0n) is 18.1. The number of nitrogens with zero attached hydrogens (tertiary/aromatic N) is 1. The van der Waals surface area contributed by atoms with Crippen LogP contribution < -0.4 is 4.90 Å². The molecule has 1 aliphatic rings. The van der Waals surface area contributed by atoms with E-state index in [1.54, 1.807) is 32.9 Å². The van der Waals surface area contributed by atoms with Crippen molar-refractivity contribution in [2.24, 2.45) is 5.41 Å². The first-order chi connectivity index (χ1) is 15.2. The molecule has 2 aromatic carbocycles. The first-order valence-corrected chi connectivity index (χ1v) is 11.2. The molecule has 0 spiro atoms. The molecule has 0 aliphatic carbocycles. The molecular weight excluding hydrogens is 524 g/mol. The summed E-state index contributed by atoms with van der Waals surface area (Å²) in [5.41, 5.74) is -4.40. The molecule has 2 aromatic rings. The minimum atomic E-state index is -3.87. The number of alkyl halides is 2. The van der Waals surface area contributed by atoms with Crippen LogP contribution in [0.3, 0.4) is 0 Å². The van der Waals surface area contributed by atoms with Crippen molar-refractivity contribution in [3.05, 3.63) is 63.1 Å². The van der Waals surface area contributed by atoms with E-state index in [1.165, 1.54) is 24.3 Å². The van der Waals surface area contributed by atoms with Crippen molar-refractivity contribution in [3.8, 4) is 0 Å². The van der Waals surface area contributed by atoms with Crippen LogP contribution in [0.25, 0.3) is 0 Å². The maximum atomic E-state index is 15.7. The third-order valence-corrected chi connectivity index (χ3v) is 6.49. The van der Waals surface area contributed by atoms with Gasteiger partial charge < -0.3 is 14.9 Å². The summed E-state index contributed by atoms with van der Waals surface area (Å²) in [6.45, 7) is 3.80. The smallest absolute Gasteiger partial charge is 0.412 e. The minimum absolute atomic E-state index is 0.0155. The number of esters is 1. The number of hydrogen-bond acceptors (Lipinski definition) is 4. The van der Waals surface area contributed by atoms with Gasteiger partial charge in [-0.05, 0) is 47.9 Å². The quantitative estimate of drug-likeness (QED) is 0.455. The van der Waals surface area contributed by atoms with Gasteiger partial charge in [-0.1, -0.05) is 48.3 Å². The van der Waals surface area contributed by atoms with Crippen LogP contribution in [-0.2, 0) is 10.3 Å². The van der Waals surface area contributed by atoms with Gasteiger partial charge in [-0.2, -0.15) is 0 Å². The molecule has 33 heavy (non-hydrogen) atoms. The van der Waals surface area contributed by atoms with E-state index in [2.05, 4.69) is 15.9 Å². The average Bonchev–Trinajstić information content (AvgIpc) is 2.78. The van der Waals surface area contributed by atoms with Crippen molar-refractivity contribution in [2.75, 3.05) is 11.5 Å². The summed E-state index contributed by atoms with van der Waals surface area (Å²) in [5.74, 6) is -4.78. The summed E-state index contributed by atoms with van der Waals surface area (Å²) < 4.78 is 37.3. The highest BCUT2D eigenvalue weighted by molar-refractivity contribution is 9.10. The second kappa shape index (κ2) is 8.85. The Kier molecular flexibility index (Phi) is 6.81. The maximum Gasteiger partial charge on any atom is 0.412 e. The van der Waals surface area contributed by atoms with Crippen molar-refractivity contribution in [3.63, 3.8) is 0 Å². The van der Waals surface area contributed by atoms with Gasteiger partial charge in [0.25, 0.3) is 5.92 Å². The number of ether oxygens (including phenoxy) is 1. The Hall–Kier alpha value is -2.23. The van der Waals surface area contributed by atoms with E-state index < -0.39 is 53.6 Å². The summed E-state index contributed by atoms with van der Waals surface area (Å²) in [4.78, 5) is 25.5. The van der Waals surface area contributed by atoms with Gasteiger partial charge in [0, 0.05) is 21.5 Å². The number of fused-ring (bicyclic) bond motifs is 1. The van der Waals surface area contributed by atoms with E-state index in [0.717, 1.165) is 11.0 Å². The number of halogens is 4. The number of rotatable bonds is 3. The Morgan fingerprint density at radius 3 is 2.36 bits per heavy atom. The summed E-state index contributed by atoms with van der Waals surface area (Å²) in [6.07, 6.45) is -2.45. The normalized spacial score (nSPS) is 22.3. The molecule has 10 heteroatoms. The molecule has 2 N–H and O–H groups in total. The van der Waals surface area contributed by atoms with Crippen LogP contribution in [0.15, 0.2) is 46.9 Å². The fraction of sp³-hybridized carbons (Fsp3) is 0.391. The molecule has 6 nitrogen and oxygen atoms in total. The number of aliphatic hydroxyl groups is 1. The Balaban J connectivity index is 2.12. The maximum absolute atomic E-state index is 15.7. The van der Waals surface area contributed by atoms with Gasteiger partial charge in [-0.3, -0.25) is 4.90 Å². The van der Waals surface area contributed by atoms with E-state index in [9.17, 15) is 19.8 Å². The molecule has 2 atom stereocenters. The number of anilines is 1. The van der Waals surface area contributed by atoms with Crippen LogP contribution in [0.2, 0.25) is 5.02 Å². The summed E-state index contributed by atoms with van der Waals surface area (Å²) in [5, 5.41) is 21.3. The number of carboxylic acid groups (broad SMARTS) is 1. The molecule has 1 heterocycles. The Labute approximate surface area is 203 Å². The highest BCUT2D eigenvalue weighted by Crippen LogP contribution is 2.51. The van der Waals surface area contributed by atoms with Crippen LogP contribution in [-0.4, -0.2) is 40.8 Å². The molecule has 178 valence electrons. The number of carbonyl (C=O) groups excluding carboxylic acids is 1. The Morgan fingerprint density at radius 2 is 1.82 bits per heavy atom. The molecule has 0 saturated carbocycles. The standard InChI is InChI=1S/C23H23BrClF2NO5/c1-21(2,3)18-11-23(26,27)22(32,12-33-19(29)13-4-6-14(24)7-5-13)16-10-15(25)8-9-17(16)28(18)20(30)31/h4-10,18,32H,11-12H2,1-3H3,(H,30,31)/t18?,22-/m0/s1. The fourth-order valence-corrected chi connectivity index (χ4v) is 4.31. The lowest BCUT2D eigenvalue weighted by Gasteiger charge is -2.39. The van der Waals surface area contributed by atoms with E-state index >= 15 is 8.78 Å². The van der Waals surface area contributed by atoms with Gasteiger partial charge in [0.05, 0.1) is 17.3 Å². The Bertz CT molecular complexity index is 1070. The molecule has 1 amide bonds. The molecular formula is C23H23BrClF2NO5. The molecule has 0 fully saturated rings. The van der Waals surface area contributed by atoms with Gasteiger partial charge in [-0.15, -0.1) is 0 Å². The van der Waals surface area contributed by atoms with Crippen molar-refractivity contribution in [1.29, 1.82) is 0 Å². The van der Waals surface area contributed by atoms with Crippen molar-refractivity contribution < 1.29 is 33.3 Å². The zero-order chi connectivity index (χ0) is 24.8. The zero-order valence-corrected chi connectivity index (χ0v) is 20.5. The van der Waals surface area contributed by atoms with Crippen LogP contribution >= 0.6 is 27.5 Å². The number of benzene rings is 2. The molecule has 3 rings (SSSR count). The van der Waals surface area contributed by atoms with E-state index in [1.807, 2.05) is 0 Å². The first-order valence-electron chi connectivity index (χ1n) is 10.0. The van der Waals surface area contributed by atoms with E-state index in [0.29, 0.717) is 4.47 Å². The lowest BCUT2D eigenvalue weighted by atomic mass is 9.79. The Morgan fingerprint density at radius 1 is 1.21 bits per heavy atom. The summed E-state index contributed by atoms with van der Waals surface area (Å²) in [6, 6.07) is 8.56. The van der Waals surface area contributed by atoms with E-state index in [4.69, 9.17) is 16.3 Å². The van der Waals surface area contributed by atoms with Gasteiger partial charge in [0.1, 0.15) is 6.61 Å². The van der Waals surface area contributed by atoms with Crippen molar-refractivity contribution in [1.82, 2.24) is 0 Å². The lowest BCUT2D eigenvalue weighted by molar-refractivity contribution is -0.210. The SMILES string of the molecule is CC(C)(C)C1CC(F)(F)[C@](O)(COC(=O)c2ccc(Br)cc2)c2cc(Cl)ccc2N1C(=O)O. The monoisotopic (exact) mass is 545 g/mol. The molecule has 0 saturated heterocycles. The third-order valence-electron chi connectivity index (χ3n) is 5.73. The third kappa shape index (κ3) is 4.85. The predicted molar refractivity (Wildman–Crippen MR) is 123 cm³/mol. The number of carbonyl (C=O) groups is 2. The van der Waals surface area contributed by atoms with Gasteiger partial charge in [-0.25, -0.2) is 18.4 Å². The number of hydrogen-bond donors (Lipinski definition) is 2. The molecule has 1 unspecified atom stereocenters. The van der Waals surface area contributed by atoms with Crippen LogP contribution in [0.1, 0.15) is 43.1 Å². The summed E-state index contributed by atoms with van der Waals surface area (Å²) in [7, 11) is 0. The molecule has 0 bridgehead atoms. The molecule has 0 radical (unpaired) electrons. The van der Waals surface area contributed by atoms with Crippen molar-refractivity contribution in [2.45, 2.75) is 44.8 Å². The fourth-order valence-electron chi connectivity index (χ4n) is 3.87. The number of amides is 1. The first kappa shape index (κ1) is 25.4. The highest BCUT2D eigenvalue weighted by Gasteiger charge is 2.61. The largest absolute Gasteiger partial charge is 0.465 e. The molecule has 0 aromatic heterocycles. The average molecular weight is 547 g/mol. The summed E-state index contributed by atoms with van der Waals surface area (Å²) >= 11 is 9.28. The van der Waals surface area contributed by atoms with Crippen LogP contribution in [0, 0.1) is 5.41 Å². The topological polar surface area (TPSA) is 87.1 Å². The van der Waals surface area contributed by atoms with E-state index in [-0.39, 0.29) is 16.3 Å². The lowest BCUT2D eigenvalue weighted by Crippen LogP contribution is -2.53. The second-order valence-corrected chi connectivity index (χ2v) is 10.4. The molecule has 1 aliphatic heterocycles. The minimum Gasteiger partial charge on any atom is -0.465 e. The van der Waals surface area contributed by atoms with Crippen LogP contribution in [0.4, 0.5) is 19.3 Å².